The van der Waals surface area contributed by atoms with E-state index in [2.05, 4.69) is 16.0 Å². The number of hydrogen-bond acceptors (Lipinski definition) is 8. The largest absolute Gasteiger partial charge is 0.508 e. The molecule has 0 radical (unpaired) electrons. The van der Waals surface area contributed by atoms with Crippen molar-refractivity contribution in [2.45, 2.75) is 56.5 Å². The Labute approximate surface area is 224 Å². The molecule has 0 aliphatic heterocycles. The van der Waals surface area contributed by atoms with Gasteiger partial charge in [-0.3, -0.25) is 19.2 Å². The van der Waals surface area contributed by atoms with Crippen molar-refractivity contribution in [3.05, 3.63) is 65.7 Å². The first kappa shape index (κ1) is 30.7. The second-order valence-corrected chi connectivity index (χ2v) is 9.02. The van der Waals surface area contributed by atoms with E-state index in [0.29, 0.717) is 11.1 Å². The summed E-state index contributed by atoms with van der Waals surface area (Å²) < 4.78 is 0. The zero-order valence-electron chi connectivity index (χ0n) is 21.2. The molecule has 2 aromatic rings. The molecule has 39 heavy (non-hydrogen) atoms. The molecular weight excluding hydrogens is 510 g/mol. The minimum atomic E-state index is -1.58. The van der Waals surface area contributed by atoms with Gasteiger partial charge in [-0.25, -0.2) is 4.79 Å². The summed E-state index contributed by atoms with van der Waals surface area (Å²) >= 11 is 0. The van der Waals surface area contributed by atoms with Crippen molar-refractivity contribution in [3.63, 3.8) is 0 Å². The Balaban J connectivity index is 2.19. The monoisotopic (exact) mass is 543 g/mol. The molecule has 0 saturated carbocycles. The van der Waals surface area contributed by atoms with Crippen molar-refractivity contribution in [2.75, 3.05) is 0 Å². The highest BCUT2D eigenvalue weighted by molar-refractivity contribution is 5.95. The first-order valence-electron chi connectivity index (χ1n) is 12.0. The van der Waals surface area contributed by atoms with Crippen LogP contribution < -0.4 is 27.4 Å². The molecule has 0 aromatic heterocycles. The minimum Gasteiger partial charge on any atom is -0.508 e. The highest BCUT2D eigenvalue weighted by Gasteiger charge is 2.33. The van der Waals surface area contributed by atoms with Crippen molar-refractivity contribution in [2.24, 2.45) is 11.5 Å². The highest BCUT2D eigenvalue weighted by Crippen LogP contribution is 2.12. The third-order valence-corrected chi connectivity index (χ3v) is 5.73. The molecule has 5 atom stereocenters. The molecule has 0 heterocycles. The summed E-state index contributed by atoms with van der Waals surface area (Å²) in [4.78, 5) is 61.6. The van der Waals surface area contributed by atoms with Crippen LogP contribution in [-0.4, -0.2) is 75.2 Å². The third kappa shape index (κ3) is 10.1. The van der Waals surface area contributed by atoms with Crippen LogP contribution in [0.5, 0.6) is 5.75 Å². The van der Waals surface area contributed by atoms with Gasteiger partial charge in [-0.15, -0.1) is 0 Å². The van der Waals surface area contributed by atoms with Crippen LogP contribution in [0, 0.1) is 0 Å². The number of aromatic hydroxyl groups is 1. The zero-order valence-corrected chi connectivity index (χ0v) is 21.2. The molecule has 0 aliphatic rings. The number of aliphatic hydroxyl groups excluding tert-OH is 1. The Morgan fingerprint density at radius 3 is 1.87 bits per heavy atom. The molecule has 5 unspecified atom stereocenters. The standard InChI is InChI=1S/C26H33N5O8/c1-14(32)22(25(37)30-20(26(38)39)12-16-7-9-17(33)10-8-16)31-24(36)19(11-15-5-3-2-4-6-15)29-23(35)18(27)13-21(28)34/h2-10,14,18-20,22,32-33H,11-13,27H2,1H3,(H2,28,34)(H,29,35)(H,30,37)(H,31,36)(H,38,39). The third-order valence-electron chi connectivity index (χ3n) is 5.73. The maximum Gasteiger partial charge on any atom is 0.326 e. The molecule has 0 bridgehead atoms. The molecule has 13 nitrogen and oxygen atoms in total. The van der Waals surface area contributed by atoms with Gasteiger partial charge in [0.25, 0.3) is 0 Å². The maximum atomic E-state index is 13.2. The summed E-state index contributed by atoms with van der Waals surface area (Å²) in [5.74, 6) is -4.84. The lowest BCUT2D eigenvalue weighted by atomic mass is 10.0. The van der Waals surface area contributed by atoms with Crippen LogP contribution in [0.1, 0.15) is 24.5 Å². The molecule has 4 amide bonds. The van der Waals surface area contributed by atoms with E-state index in [0.717, 1.165) is 0 Å². The number of benzene rings is 2. The number of nitrogens with one attached hydrogen (secondary N) is 3. The number of carboxylic acid groups (broad SMARTS) is 1. The number of amides is 4. The van der Waals surface area contributed by atoms with Crippen molar-refractivity contribution in [3.8, 4) is 5.75 Å². The number of hydrogen-bond donors (Lipinski definition) is 8. The number of primary amides is 1. The Kier molecular flexibility index (Phi) is 11.4. The fourth-order valence-electron chi connectivity index (χ4n) is 3.64. The van der Waals surface area contributed by atoms with Crippen LogP contribution >= 0.6 is 0 Å². The molecule has 10 N–H and O–H groups in total. The van der Waals surface area contributed by atoms with Crippen molar-refractivity contribution >= 4 is 29.6 Å². The van der Waals surface area contributed by atoms with Gasteiger partial charge in [-0.2, -0.15) is 0 Å². The van der Waals surface area contributed by atoms with Gasteiger partial charge >= 0.3 is 5.97 Å². The Morgan fingerprint density at radius 2 is 1.33 bits per heavy atom. The lowest BCUT2D eigenvalue weighted by Crippen LogP contribution is -2.60. The number of aliphatic hydroxyl groups is 1. The second kappa shape index (κ2) is 14.4. The molecule has 2 rings (SSSR count). The van der Waals surface area contributed by atoms with Gasteiger partial charge < -0.3 is 42.7 Å². The van der Waals surface area contributed by atoms with Gasteiger partial charge in [-0.05, 0) is 30.2 Å². The van der Waals surface area contributed by atoms with E-state index in [1.807, 2.05) is 0 Å². The fourth-order valence-corrected chi connectivity index (χ4v) is 3.64. The van der Waals surface area contributed by atoms with Crippen LogP contribution in [0.4, 0.5) is 0 Å². The van der Waals surface area contributed by atoms with E-state index >= 15 is 0 Å². The van der Waals surface area contributed by atoms with Crippen molar-refractivity contribution in [1.82, 2.24) is 16.0 Å². The van der Waals surface area contributed by atoms with Gasteiger partial charge in [0, 0.05) is 12.8 Å². The summed E-state index contributed by atoms with van der Waals surface area (Å²) in [6.45, 7) is 1.23. The Bertz CT molecular complexity index is 1160. The van der Waals surface area contributed by atoms with E-state index in [9.17, 15) is 39.3 Å². The summed E-state index contributed by atoms with van der Waals surface area (Å²) in [5, 5.41) is 36.4. The summed E-state index contributed by atoms with van der Waals surface area (Å²) in [6.07, 6.45) is -2.05. The fraction of sp³-hybridized carbons (Fsp3) is 0.346. The number of aliphatic carboxylic acids is 1. The molecule has 0 saturated heterocycles. The number of carbonyl (C=O) groups is 5. The van der Waals surface area contributed by atoms with Crippen LogP contribution in [0.15, 0.2) is 54.6 Å². The second-order valence-electron chi connectivity index (χ2n) is 9.02. The number of phenols is 1. The first-order valence-corrected chi connectivity index (χ1v) is 12.0. The summed E-state index contributed by atoms with van der Waals surface area (Å²) in [5.41, 5.74) is 11.9. The van der Waals surface area contributed by atoms with Crippen molar-refractivity contribution < 1.29 is 39.3 Å². The maximum absolute atomic E-state index is 13.2. The summed E-state index contributed by atoms with van der Waals surface area (Å²) in [6, 6.07) is 8.75. The van der Waals surface area contributed by atoms with Gasteiger partial charge in [0.05, 0.1) is 18.6 Å². The zero-order chi connectivity index (χ0) is 29.1. The molecule has 210 valence electrons. The topological polar surface area (TPSA) is 234 Å². The number of nitrogens with two attached hydrogens (primary N) is 2. The number of phenolic OH excluding ortho intramolecular Hbond substituents is 1. The van der Waals surface area contributed by atoms with Crippen LogP contribution in [0.3, 0.4) is 0 Å². The molecular formula is C26H33N5O8. The average molecular weight is 544 g/mol. The van der Waals surface area contributed by atoms with E-state index in [-0.39, 0.29) is 18.6 Å². The SMILES string of the molecule is CC(O)C(NC(=O)C(Cc1ccccc1)NC(=O)C(N)CC(N)=O)C(=O)NC(Cc1ccc(O)cc1)C(=O)O. The molecule has 2 aromatic carbocycles. The van der Waals surface area contributed by atoms with E-state index < -0.39 is 66.3 Å². The van der Waals surface area contributed by atoms with Gasteiger partial charge in [-0.1, -0.05) is 42.5 Å². The summed E-state index contributed by atoms with van der Waals surface area (Å²) in [7, 11) is 0. The van der Waals surface area contributed by atoms with Crippen molar-refractivity contribution in [1.29, 1.82) is 0 Å². The van der Waals surface area contributed by atoms with Gasteiger partial charge in [0.2, 0.25) is 23.6 Å². The number of carboxylic acids is 1. The Morgan fingerprint density at radius 1 is 0.795 bits per heavy atom. The molecule has 0 spiro atoms. The number of carbonyl (C=O) groups excluding carboxylic acids is 4. The van der Waals surface area contributed by atoms with Crippen LogP contribution in [0.25, 0.3) is 0 Å². The Hall–Kier alpha value is -4.49. The number of rotatable bonds is 14. The minimum absolute atomic E-state index is 0.0146. The van der Waals surface area contributed by atoms with E-state index in [1.54, 1.807) is 30.3 Å². The van der Waals surface area contributed by atoms with E-state index in [1.165, 1.54) is 31.2 Å². The smallest absolute Gasteiger partial charge is 0.326 e. The van der Waals surface area contributed by atoms with Crippen LogP contribution in [0.2, 0.25) is 0 Å². The van der Waals surface area contributed by atoms with Crippen LogP contribution in [-0.2, 0) is 36.8 Å². The molecule has 0 fully saturated rings. The normalized spacial score (nSPS) is 14.6. The predicted octanol–water partition coefficient (Wildman–Crippen LogP) is -1.70. The van der Waals surface area contributed by atoms with Gasteiger partial charge in [0.1, 0.15) is 23.9 Å². The van der Waals surface area contributed by atoms with E-state index in [4.69, 9.17) is 11.5 Å². The lowest BCUT2D eigenvalue weighted by molar-refractivity contribution is -0.143. The quantitative estimate of drug-likeness (QED) is 0.135. The highest BCUT2D eigenvalue weighted by atomic mass is 16.4. The lowest BCUT2D eigenvalue weighted by Gasteiger charge is -2.26. The molecule has 0 aliphatic carbocycles. The molecule has 13 heteroatoms. The first-order chi connectivity index (χ1) is 18.4. The van der Waals surface area contributed by atoms with Gasteiger partial charge in [0.15, 0.2) is 0 Å². The predicted molar refractivity (Wildman–Crippen MR) is 139 cm³/mol. The average Bonchev–Trinajstić information content (AvgIpc) is 2.87.